The number of halogens is 3. The SMILES string of the molecule is Cc1ccc(NC(=O)CN(C)CC(=O)Nc2ccc(Cl)c(Cl)c2)cc1F. The smallest absolute Gasteiger partial charge is 0.238 e. The van der Waals surface area contributed by atoms with Crippen LogP contribution in [0.15, 0.2) is 36.4 Å². The third kappa shape index (κ3) is 5.98. The topological polar surface area (TPSA) is 61.4 Å². The number of nitrogens with zero attached hydrogens (tertiary/aromatic N) is 1. The minimum absolute atomic E-state index is 0.00404. The van der Waals surface area contributed by atoms with Crippen molar-refractivity contribution in [2.24, 2.45) is 0 Å². The molecule has 0 saturated carbocycles. The van der Waals surface area contributed by atoms with E-state index >= 15 is 0 Å². The Labute approximate surface area is 161 Å². The van der Waals surface area contributed by atoms with Crippen LogP contribution >= 0.6 is 23.2 Å². The molecule has 2 amide bonds. The summed E-state index contributed by atoms with van der Waals surface area (Å²) in [5.41, 5.74) is 1.38. The molecule has 2 rings (SSSR count). The first-order valence-electron chi connectivity index (χ1n) is 7.74. The summed E-state index contributed by atoms with van der Waals surface area (Å²) in [5, 5.41) is 6.00. The minimum atomic E-state index is -0.392. The molecule has 2 aromatic carbocycles. The van der Waals surface area contributed by atoms with Gasteiger partial charge in [0.05, 0.1) is 23.1 Å². The summed E-state index contributed by atoms with van der Waals surface area (Å²) in [5.74, 6) is -1.05. The quantitative estimate of drug-likeness (QED) is 0.775. The lowest BCUT2D eigenvalue weighted by Gasteiger charge is -2.16. The molecule has 0 bridgehead atoms. The van der Waals surface area contributed by atoms with Gasteiger partial charge in [-0.3, -0.25) is 14.5 Å². The lowest BCUT2D eigenvalue weighted by atomic mass is 10.2. The molecule has 0 heterocycles. The van der Waals surface area contributed by atoms with E-state index in [2.05, 4.69) is 10.6 Å². The predicted octanol–water partition coefficient (Wildman–Crippen LogP) is 3.95. The van der Waals surface area contributed by atoms with Gasteiger partial charge in [0.25, 0.3) is 0 Å². The molecule has 26 heavy (non-hydrogen) atoms. The molecule has 0 aromatic heterocycles. The van der Waals surface area contributed by atoms with Crippen molar-refractivity contribution in [1.82, 2.24) is 4.90 Å². The van der Waals surface area contributed by atoms with Crippen LogP contribution in [0.5, 0.6) is 0 Å². The zero-order valence-corrected chi connectivity index (χ0v) is 15.8. The van der Waals surface area contributed by atoms with Gasteiger partial charge < -0.3 is 10.6 Å². The van der Waals surface area contributed by atoms with Crippen molar-refractivity contribution in [2.45, 2.75) is 6.92 Å². The van der Waals surface area contributed by atoms with Gasteiger partial charge in [-0.25, -0.2) is 4.39 Å². The maximum absolute atomic E-state index is 13.5. The highest BCUT2D eigenvalue weighted by Gasteiger charge is 2.12. The predicted molar refractivity (Wildman–Crippen MR) is 102 cm³/mol. The van der Waals surface area contributed by atoms with E-state index < -0.39 is 5.82 Å². The highest BCUT2D eigenvalue weighted by atomic mass is 35.5. The van der Waals surface area contributed by atoms with E-state index in [-0.39, 0.29) is 24.9 Å². The van der Waals surface area contributed by atoms with Crippen molar-refractivity contribution in [3.63, 3.8) is 0 Å². The molecule has 5 nitrogen and oxygen atoms in total. The second-order valence-corrected chi connectivity index (χ2v) is 6.68. The average Bonchev–Trinajstić information content (AvgIpc) is 2.54. The van der Waals surface area contributed by atoms with Crippen LogP contribution in [0.25, 0.3) is 0 Å². The molecule has 0 radical (unpaired) electrons. The van der Waals surface area contributed by atoms with Crippen molar-refractivity contribution >= 4 is 46.4 Å². The highest BCUT2D eigenvalue weighted by molar-refractivity contribution is 6.42. The molecule has 0 aliphatic heterocycles. The molecule has 8 heteroatoms. The fourth-order valence-electron chi connectivity index (χ4n) is 2.19. The highest BCUT2D eigenvalue weighted by Crippen LogP contribution is 2.24. The Morgan fingerprint density at radius 3 is 2.04 bits per heavy atom. The Morgan fingerprint density at radius 2 is 1.50 bits per heavy atom. The molecular weight excluding hydrogens is 380 g/mol. The van der Waals surface area contributed by atoms with Gasteiger partial charge in [0.1, 0.15) is 5.82 Å². The molecular formula is C18H18Cl2FN3O2. The van der Waals surface area contributed by atoms with Gasteiger partial charge in [0, 0.05) is 11.4 Å². The Bertz CT molecular complexity index is 763. The van der Waals surface area contributed by atoms with Crippen LogP contribution in [-0.4, -0.2) is 36.9 Å². The summed E-state index contributed by atoms with van der Waals surface area (Å²) in [4.78, 5) is 25.6. The number of hydrogen-bond acceptors (Lipinski definition) is 3. The van der Waals surface area contributed by atoms with E-state index in [4.69, 9.17) is 23.2 Å². The largest absolute Gasteiger partial charge is 0.325 e. The minimum Gasteiger partial charge on any atom is -0.325 e. The monoisotopic (exact) mass is 397 g/mol. The van der Waals surface area contributed by atoms with E-state index in [1.54, 1.807) is 44.3 Å². The van der Waals surface area contributed by atoms with Gasteiger partial charge in [0.15, 0.2) is 0 Å². The average molecular weight is 398 g/mol. The van der Waals surface area contributed by atoms with Gasteiger partial charge >= 0.3 is 0 Å². The van der Waals surface area contributed by atoms with Crippen molar-refractivity contribution in [1.29, 1.82) is 0 Å². The molecule has 0 saturated heterocycles. The van der Waals surface area contributed by atoms with Crippen molar-refractivity contribution in [2.75, 3.05) is 30.8 Å². The molecule has 0 fully saturated rings. The number of carbonyl (C=O) groups is 2. The Balaban J connectivity index is 1.83. The van der Waals surface area contributed by atoms with E-state index in [0.717, 1.165) is 0 Å². The van der Waals surface area contributed by atoms with Crippen molar-refractivity contribution < 1.29 is 14.0 Å². The van der Waals surface area contributed by atoms with Crippen LogP contribution in [0.2, 0.25) is 10.0 Å². The van der Waals surface area contributed by atoms with E-state index in [9.17, 15) is 14.0 Å². The summed E-state index contributed by atoms with van der Waals surface area (Å²) < 4.78 is 13.5. The maximum Gasteiger partial charge on any atom is 0.238 e. The van der Waals surface area contributed by atoms with Gasteiger partial charge in [-0.05, 0) is 49.9 Å². The fourth-order valence-corrected chi connectivity index (χ4v) is 2.49. The lowest BCUT2D eigenvalue weighted by Crippen LogP contribution is -2.36. The van der Waals surface area contributed by atoms with Crippen LogP contribution in [0.1, 0.15) is 5.56 Å². The number of carbonyl (C=O) groups excluding carboxylic acids is 2. The molecule has 0 aliphatic carbocycles. The number of likely N-dealkylation sites (N-methyl/N-ethyl adjacent to an activating group) is 1. The Kier molecular flexibility index (Phi) is 6.97. The van der Waals surface area contributed by atoms with Crippen LogP contribution in [0, 0.1) is 12.7 Å². The summed E-state index contributed by atoms with van der Waals surface area (Å²) in [6.07, 6.45) is 0. The number of amides is 2. The zero-order chi connectivity index (χ0) is 19.3. The van der Waals surface area contributed by atoms with E-state index in [1.807, 2.05) is 0 Å². The first kappa shape index (κ1) is 20.2. The number of nitrogens with one attached hydrogen (secondary N) is 2. The second-order valence-electron chi connectivity index (χ2n) is 5.86. The van der Waals surface area contributed by atoms with Crippen LogP contribution in [-0.2, 0) is 9.59 Å². The van der Waals surface area contributed by atoms with Crippen LogP contribution in [0.4, 0.5) is 15.8 Å². The second kappa shape index (κ2) is 8.98. The first-order valence-corrected chi connectivity index (χ1v) is 8.49. The summed E-state index contributed by atoms with van der Waals surface area (Å²) in [6.45, 7) is 1.61. The number of benzene rings is 2. The van der Waals surface area contributed by atoms with Gasteiger partial charge in [-0.2, -0.15) is 0 Å². The number of anilines is 2. The van der Waals surface area contributed by atoms with Crippen molar-refractivity contribution in [3.05, 3.63) is 57.8 Å². The molecule has 138 valence electrons. The molecule has 2 N–H and O–H groups in total. The molecule has 2 aromatic rings. The van der Waals surface area contributed by atoms with Gasteiger partial charge in [0.2, 0.25) is 11.8 Å². The number of aryl methyl sites for hydroxylation is 1. The summed E-state index contributed by atoms with van der Waals surface area (Å²) in [6, 6.07) is 9.21. The van der Waals surface area contributed by atoms with Gasteiger partial charge in [-0.15, -0.1) is 0 Å². The third-order valence-electron chi connectivity index (χ3n) is 3.49. The maximum atomic E-state index is 13.5. The standard InChI is InChI=1S/C18H18Cl2FN3O2/c1-11-3-4-13(8-16(11)21)23-18(26)10-24(2)9-17(25)22-12-5-6-14(19)15(20)7-12/h3-8H,9-10H2,1-2H3,(H,22,25)(H,23,26). The molecule has 0 spiro atoms. The number of rotatable bonds is 6. The van der Waals surface area contributed by atoms with E-state index in [1.165, 1.54) is 11.0 Å². The fraction of sp³-hybridized carbons (Fsp3) is 0.222. The lowest BCUT2D eigenvalue weighted by molar-refractivity contribution is -0.119. The molecule has 0 atom stereocenters. The molecule has 0 aliphatic rings. The third-order valence-corrected chi connectivity index (χ3v) is 4.23. The number of hydrogen-bond donors (Lipinski definition) is 2. The summed E-state index contributed by atoms with van der Waals surface area (Å²) >= 11 is 11.7. The van der Waals surface area contributed by atoms with E-state index in [0.29, 0.717) is 27.0 Å². The normalized spacial score (nSPS) is 10.7. The first-order chi connectivity index (χ1) is 12.2. The molecule has 0 unspecified atom stereocenters. The van der Waals surface area contributed by atoms with Crippen LogP contribution < -0.4 is 10.6 Å². The zero-order valence-electron chi connectivity index (χ0n) is 14.3. The van der Waals surface area contributed by atoms with Crippen molar-refractivity contribution in [3.8, 4) is 0 Å². The summed E-state index contributed by atoms with van der Waals surface area (Å²) in [7, 11) is 1.63. The van der Waals surface area contributed by atoms with Gasteiger partial charge in [-0.1, -0.05) is 29.3 Å². The van der Waals surface area contributed by atoms with Crippen LogP contribution in [0.3, 0.4) is 0 Å². The Hall–Kier alpha value is -2.15. The Morgan fingerprint density at radius 1 is 0.962 bits per heavy atom.